The van der Waals surface area contributed by atoms with Crippen molar-refractivity contribution in [2.24, 2.45) is 57.2 Å². The molecule has 26 nitrogen and oxygen atoms in total. The Labute approximate surface area is 884 Å². The summed E-state index contributed by atoms with van der Waals surface area (Å²) in [6, 6.07) is -2.98. The molecule has 0 aromatic rings. The fourth-order valence-corrected chi connectivity index (χ4v) is 14.4. The van der Waals surface area contributed by atoms with Crippen LogP contribution in [0.25, 0.3) is 0 Å². The van der Waals surface area contributed by atoms with Gasteiger partial charge < -0.3 is 71.7 Å². The Hall–Kier alpha value is -13.4. The van der Waals surface area contributed by atoms with E-state index >= 15 is 0 Å². The number of aliphatic hydroxyl groups excluding tert-OH is 2. The SMILES string of the molecule is C/C=C\C[C@H](C)C/C=C\NC(=O)[C@@H](NC(=O)C#C/C=C\C(C)=C\[C@H](C)[C@@H]1CC=C(C)C(=O)O1)C(C)(C)C.C/C=C\C[C@H](O)C/C=C\NC(=O)[C@@H](NC(=O)C#C/C=C\C(C)=C\[C@H](C)[C@@H]1CC=C(C)C(=O)O1)C(C)(C)C.CC#CC[C@H](C)C/C=C\NC(=O)[C@@H](NC(=O)\C=C/C=C\C(C)=C\[C@H](C)[C@@H]1CC=C(C)C(=O)O1)C(C)(C)C.CC#CC[C@H](O)C/C=C\NC(=O)[C@@H](NC(=O)\C=C/C=C\C(C)=C\[C@H](C)[C@@H]1CC=C(C)C(=O)O1)C(C)(C)C. The summed E-state index contributed by atoms with van der Waals surface area (Å²) in [4.78, 5) is 148. The quantitative estimate of drug-likeness (QED) is 0.00678. The average molecular weight is 2040 g/mol. The van der Waals surface area contributed by atoms with Gasteiger partial charge in [0, 0.05) is 96.6 Å². The zero-order chi connectivity index (χ0) is 112. The van der Waals surface area contributed by atoms with Gasteiger partial charge in [0.1, 0.15) is 48.6 Å². The van der Waals surface area contributed by atoms with Crippen LogP contribution in [0, 0.1) is 105 Å². The van der Waals surface area contributed by atoms with E-state index in [4.69, 9.17) is 18.9 Å². The monoisotopic (exact) mass is 2040 g/mol. The molecule has 0 radical (unpaired) electrons. The highest BCUT2D eigenvalue weighted by Crippen LogP contribution is 2.30. The first-order valence-electron chi connectivity index (χ1n) is 51.1. The lowest BCUT2D eigenvalue weighted by atomic mass is 9.86. The van der Waals surface area contributed by atoms with Gasteiger partial charge in [0.25, 0.3) is 11.8 Å². The van der Waals surface area contributed by atoms with Crippen LogP contribution in [0.15, 0.2) is 240 Å². The van der Waals surface area contributed by atoms with E-state index in [0.717, 1.165) is 48.0 Å². The predicted octanol–water partition coefficient (Wildman–Crippen LogP) is 19.6. The van der Waals surface area contributed by atoms with Gasteiger partial charge in [0.15, 0.2) is 0 Å². The molecule has 0 aliphatic carbocycles. The second kappa shape index (κ2) is 70.5. The van der Waals surface area contributed by atoms with Gasteiger partial charge in [0.2, 0.25) is 35.4 Å². The predicted molar refractivity (Wildman–Crippen MR) is 594 cm³/mol. The maximum Gasteiger partial charge on any atom is 0.333 e. The topological polar surface area (TPSA) is 378 Å². The Bertz CT molecular complexity index is 5040. The molecule has 16 atom stereocenters. The molecule has 0 unspecified atom stereocenters. The number of carbonyl (C=O) groups excluding carboxylic acids is 12. The molecule has 4 aliphatic rings. The van der Waals surface area contributed by atoms with Crippen LogP contribution < -0.4 is 42.5 Å². The number of nitrogens with one attached hydrogen (secondary N) is 8. The van der Waals surface area contributed by atoms with Crippen LogP contribution in [-0.2, 0) is 76.5 Å². The molecular weight excluding hydrogens is 1870 g/mol. The van der Waals surface area contributed by atoms with Gasteiger partial charge in [-0.1, -0.05) is 305 Å². The van der Waals surface area contributed by atoms with Crippen molar-refractivity contribution in [2.75, 3.05) is 0 Å². The summed E-state index contributed by atoms with van der Waals surface area (Å²) in [6.45, 7) is 57.0. The Morgan fingerprint density at radius 2 is 0.622 bits per heavy atom. The number of rotatable bonds is 42. The third kappa shape index (κ3) is 58.2. The minimum absolute atomic E-state index is 0.0331. The summed E-state index contributed by atoms with van der Waals surface area (Å²) in [5.74, 6) is 18.9. The normalized spacial score (nSPS) is 19.1. The van der Waals surface area contributed by atoms with Crippen LogP contribution in [0.3, 0.4) is 0 Å². The molecule has 0 fully saturated rings. The van der Waals surface area contributed by atoms with E-state index < -0.39 is 69.8 Å². The Kier molecular flexibility index (Phi) is 63.1. The number of allylic oxidation sites excluding steroid dienone is 19. The minimum Gasteiger partial charge on any atom is -0.458 e. The van der Waals surface area contributed by atoms with Crippen molar-refractivity contribution >= 4 is 71.1 Å². The highest BCUT2D eigenvalue weighted by molar-refractivity contribution is 5.99. The van der Waals surface area contributed by atoms with E-state index in [0.29, 0.717) is 85.5 Å². The number of esters is 4. The lowest BCUT2D eigenvalue weighted by Gasteiger charge is -2.29. The number of ether oxygens (including phenoxy) is 4. The second-order valence-corrected chi connectivity index (χ2v) is 42.1. The maximum atomic E-state index is 12.8. The number of aliphatic hydroxyl groups is 2. The molecule has 4 rings (SSSR count). The number of carbonyl (C=O) groups is 12. The summed E-state index contributed by atoms with van der Waals surface area (Å²) >= 11 is 0. The first-order chi connectivity index (χ1) is 69.4. The molecule has 0 spiro atoms. The number of cyclic esters (lactones) is 4. The standard InChI is InChI=1S/2C31H44N2O4.2C30H42N2O5/c2*1-9-10-14-22(2)16-13-20-32-29(35)28(31(6,7)8)33-27(34)17-12-11-15-23(3)21-25(5)26-19-18-24(4)30(36)37-26;2*1-8-9-14-24(33)15-12-19-31-28(35)27(30(5,6)7)32-26(34)16-11-10-13-21(2)20-23(4)25-18-17-22(3)29(36)37-25/h11-13,15,17-18,20-22,25-26,28H,14,16,19H2,1-8H3,(H,32,35)(H,33,34);9-11,13,15,18,20-22,25-26,28H,14,16,19H2,1-8H3,(H,32,35)(H,33,34);10-13,16-17,19-20,23-25,27,33H,14-15,18H2,1-7H3,(H,31,35)(H,32,34);8-10,12-13,17,19-20,23-25,27,33H,14-15,18H2,1-7H3,(H,31,35)(H,32,34)/b15-11-,17-12-,20-13-,23-21+;10-9-,15-11-,20-13-,23-21+;13-10-,16-11-,19-12-,21-20+;9-8-,13-10-,19-12-,21-20+/t2*22-,25-,26-,28+;2*23-,24-,25-,27+/m0000/s1. The van der Waals surface area contributed by atoms with Crippen molar-refractivity contribution in [3.8, 4) is 47.4 Å². The summed E-state index contributed by atoms with van der Waals surface area (Å²) in [7, 11) is 0. The minimum atomic E-state index is -0.797. The first-order valence-corrected chi connectivity index (χ1v) is 51.1. The van der Waals surface area contributed by atoms with Crippen molar-refractivity contribution < 1.29 is 86.7 Å². The van der Waals surface area contributed by atoms with E-state index in [2.05, 4.69) is 110 Å². The lowest BCUT2D eigenvalue weighted by molar-refractivity contribution is -0.148. The summed E-state index contributed by atoms with van der Waals surface area (Å²) in [6.07, 6.45) is 63.2. The Morgan fingerprint density at radius 3 is 0.919 bits per heavy atom. The molecule has 26 heteroatoms. The molecule has 0 aromatic heterocycles. The van der Waals surface area contributed by atoms with Crippen molar-refractivity contribution in [1.29, 1.82) is 0 Å². The summed E-state index contributed by atoms with van der Waals surface area (Å²) < 4.78 is 21.8. The highest BCUT2D eigenvalue weighted by Gasteiger charge is 2.37. The van der Waals surface area contributed by atoms with Gasteiger partial charge in [-0.3, -0.25) is 38.4 Å². The smallest absolute Gasteiger partial charge is 0.333 e. The number of amides is 8. The molecule has 148 heavy (non-hydrogen) atoms. The van der Waals surface area contributed by atoms with E-state index in [9.17, 15) is 67.7 Å². The largest absolute Gasteiger partial charge is 0.458 e. The van der Waals surface area contributed by atoms with Gasteiger partial charge in [-0.05, 0) is 204 Å². The fourth-order valence-electron chi connectivity index (χ4n) is 14.4. The molecule has 808 valence electrons. The molecule has 0 bridgehead atoms. The molecule has 0 saturated heterocycles. The van der Waals surface area contributed by atoms with E-state index in [-0.39, 0.29) is 107 Å². The average Bonchev–Trinajstić information content (AvgIpc) is 0.833. The molecule has 4 aliphatic heterocycles. The van der Waals surface area contributed by atoms with Crippen molar-refractivity contribution in [1.82, 2.24) is 42.5 Å². The van der Waals surface area contributed by atoms with Crippen molar-refractivity contribution in [3.63, 3.8) is 0 Å². The molecule has 0 aromatic carbocycles. The Morgan fingerprint density at radius 1 is 0.365 bits per heavy atom. The van der Waals surface area contributed by atoms with Gasteiger partial charge >= 0.3 is 23.9 Å². The maximum absolute atomic E-state index is 12.8. The van der Waals surface area contributed by atoms with Crippen LogP contribution in [0.5, 0.6) is 0 Å². The molecule has 0 saturated carbocycles. The number of hydrogen-bond acceptors (Lipinski definition) is 18. The van der Waals surface area contributed by atoms with Crippen molar-refractivity contribution in [2.45, 2.75) is 346 Å². The van der Waals surface area contributed by atoms with Crippen LogP contribution in [-0.4, -0.2) is 142 Å². The van der Waals surface area contributed by atoms with E-state index in [1.165, 1.54) is 24.6 Å². The molecule has 4 heterocycles. The highest BCUT2D eigenvalue weighted by atomic mass is 16.6. The van der Waals surface area contributed by atoms with Gasteiger partial charge in [0.05, 0.1) is 12.2 Å². The zero-order valence-corrected chi connectivity index (χ0v) is 93.6. The fraction of sp³-hybridized carbons (Fsp3) is 0.508. The third-order valence-corrected chi connectivity index (χ3v) is 23.5. The third-order valence-electron chi connectivity index (χ3n) is 23.5. The number of hydrogen-bond donors (Lipinski definition) is 10. The van der Waals surface area contributed by atoms with Crippen LogP contribution in [0.2, 0.25) is 0 Å². The van der Waals surface area contributed by atoms with Crippen molar-refractivity contribution in [3.05, 3.63) is 240 Å². The summed E-state index contributed by atoms with van der Waals surface area (Å²) in [5, 5.41) is 41.6. The van der Waals surface area contributed by atoms with E-state index in [1.807, 2.05) is 250 Å². The zero-order valence-electron chi connectivity index (χ0n) is 93.6. The van der Waals surface area contributed by atoms with E-state index in [1.54, 1.807) is 108 Å². The molecule has 10 N–H and O–H groups in total. The molecular formula is C122H172N8O18. The Balaban J connectivity index is 0.000000987. The van der Waals surface area contributed by atoms with Crippen LogP contribution in [0.4, 0.5) is 0 Å². The van der Waals surface area contributed by atoms with Gasteiger partial charge in [-0.15, -0.1) is 23.7 Å². The van der Waals surface area contributed by atoms with Crippen LogP contribution in [0.1, 0.15) is 285 Å². The van der Waals surface area contributed by atoms with Gasteiger partial charge in [-0.25, -0.2) is 19.2 Å². The first kappa shape index (κ1) is 133. The lowest BCUT2D eigenvalue weighted by Crippen LogP contribution is -2.52. The van der Waals surface area contributed by atoms with Crippen LogP contribution >= 0.6 is 0 Å². The second-order valence-electron chi connectivity index (χ2n) is 42.1. The molecule has 8 amide bonds. The summed E-state index contributed by atoms with van der Waals surface area (Å²) in [5.41, 5.74) is 4.41. The van der Waals surface area contributed by atoms with Gasteiger partial charge in [-0.2, -0.15) is 0 Å².